The number of aliphatic hydroxyl groups is 1. The fourth-order valence-electron chi connectivity index (χ4n) is 3.60. The number of halogens is 4. The lowest BCUT2D eigenvalue weighted by molar-refractivity contribution is -0.192. The maximum Gasteiger partial charge on any atom is 0.342 e. The average Bonchev–Trinajstić information content (AvgIpc) is 3.10. The fraction of sp³-hybridized carbons (Fsp3) is 0.727. The largest absolute Gasteiger partial charge is 0.462 e. The summed E-state index contributed by atoms with van der Waals surface area (Å²) in [6, 6.07) is -2.82. The number of aliphatic hydroxyl groups excluding tert-OH is 1. The van der Waals surface area contributed by atoms with E-state index in [0.29, 0.717) is 0 Å². The van der Waals surface area contributed by atoms with Crippen molar-refractivity contribution >= 4 is 19.6 Å². The lowest BCUT2D eigenvalue weighted by Gasteiger charge is -2.33. The summed E-state index contributed by atoms with van der Waals surface area (Å²) >= 11 is 0. The molecule has 4 N–H and O–H groups in total. The lowest BCUT2D eigenvalue weighted by Crippen LogP contribution is -2.53. The van der Waals surface area contributed by atoms with Gasteiger partial charge in [-0.2, -0.15) is 4.39 Å². The molecule has 6 atom stereocenters. The molecular weight excluding hydrogens is 587 g/mol. The number of ether oxygens (including phenoxy) is 3. The van der Waals surface area contributed by atoms with Crippen LogP contribution < -0.4 is 21.4 Å². The number of aromatic nitrogens is 2. The van der Waals surface area contributed by atoms with Gasteiger partial charge in [0.1, 0.15) is 18.2 Å². The summed E-state index contributed by atoms with van der Waals surface area (Å²) in [5, 5.41) is 14.9. The van der Waals surface area contributed by atoms with Crippen LogP contribution in [0.3, 0.4) is 0 Å². The number of aromatic amines is 1. The molecule has 0 bridgehead atoms. The monoisotopic (exact) mass is 620 g/mol. The summed E-state index contributed by atoms with van der Waals surface area (Å²) in [7, 11) is -4.75. The molecule has 1 aromatic rings. The Morgan fingerprint density at radius 2 is 1.59 bits per heavy atom. The molecule has 41 heavy (non-hydrogen) atoms. The van der Waals surface area contributed by atoms with Crippen LogP contribution in [0.1, 0.15) is 47.8 Å². The molecule has 1 fully saturated rings. The SMILES string of the molecule is CC(C)OC(=O)C(C)NP(=O)(NC(C)C(=O)OC(C)C)OCC1(C(F)F)OC(n2cc(F)c(=O)[nH]c2=O)C(F)C1O. The Balaban J connectivity index is 2.42. The highest BCUT2D eigenvalue weighted by Crippen LogP contribution is 2.47. The maximum absolute atomic E-state index is 15.1. The number of carbonyl (C=O) groups excluding carboxylic acids is 2. The molecular formula is C22H33F4N4O10P. The Morgan fingerprint density at radius 3 is 2.02 bits per heavy atom. The van der Waals surface area contributed by atoms with Crippen molar-refractivity contribution in [2.45, 2.75) is 96.4 Å². The van der Waals surface area contributed by atoms with Crippen LogP contribution in [-0.4, -0.2) is 81.8 Å². The summed E-state index contributed by atoms with van der Waals surface area (Å²) in [5.41, 5.74) is -6.22. The minimum atomic E-state index is -4.75. The first-order valence-electron chi connectivity index (χ1n) is 12.3. The Bertz CT molecular complexity index is 1230. The van der Waals surface area contributed by atoms with Gasteiger partial charge < -0.3 is 23.8 Å². The van der Waals surface area contributed by atoms with Crippen molar-refractivity contribution in [2.24, 2.45) is 0 Å². The number of alkyl halides is 3. The zero-order chi connectivity index (χ0) is 31.4. The standard InChI is InChI=1S/C22H33F4N4O10P/c1-9(2)38-18(33)11(5)28-41(36,29-12(6)19(34)39-10(3)4)37-8-22(20(25)26)15(31)14(24)17(40-22)30-7-13(23)16(32)27-21(30)35/h7,9-12,14-15,17,20,31H,8H2,1-6H3,(H,27,32,35)(H2,28,29,36). The summed E-state index contributed by atoms with van der Waals surface area (Å²) < 4.78 is 91.6. The molecule has 1 aliphatic heterocycles. The van der Waals surface area contributed by atoms with Crippen molar-refractivity contribution in [3.63, 3.8) is 0 Å². The van der Waals surface area contributed by atoms with Gasteiger partial charge in [-0.25, -0.2) is 28.1 Å². The molecule has 0 amide bonds. The zero-order valence-corrected chi connectivity index (χ0v) is 23.8. The van der Waals surface area contributed by atoms with Crippen LogP contribution in [0.15, 0.2) is 15.8 Å². The summed E-state index contributed by atoms with van der Waals surface area (Å²) in [4.78, 5) is 49.5. The number of nitrogens with one attached hydrogen (secondary N) is 3. The van der Waals surface area contributed by atoms with Crippen LogP contribution in [0.4, 0.5) is 17.6 Å². The summed E-state index contributed by atoms with van der Waals surface area (Å²) in [5.74, 6) is -3.46. The van der Waals surface area contributed by atoms with E-state index in [9.17, 15) is 42.0 Å². The molecule has 0 radical (unpaired) electrons. The molecule has 1 aliphatic rings. The second-order valence-corrected chi connectivity index (χ2v) is 11.7. The smallest absolute Gasteiger partial charge is 0.342 e. The maximum atomic E-state index is 15.1. The number of nitrogens with zero attached hydrogens (tertiary/aromatic N) is 1. The third kappa shape index (κ3) is 8.23. The van der Waals surface area contributed by atoms with Crippen LogP contribution in [0, 0.1) is 5.82 Å². The molecule has 1 aromatic heterocycles. The number of hydrogen-bond acceptors (Lipinski definition) is 10. The topological polar surface area (TPSA) is 187 Å². The quantitative estimate of drug-likeness (QED) is 0.139. The molecule has 14 nitrogen and oxygen atoms in total. The van der Waals surface area contributed by atoms with Crippen molar-refractivity contribution in [1.29, 1.82) is 0 Å². The van der Waals surface area contributed by atoms with E-state index in [1.54, 1.807) is 0 Å². The Labute approximate surface area is 231 Å². The Morgan fingerprint density at radius 1 is 1.10 bits per heavy atom. The van der Waals surface area contributed by atoms with Crippen molar-refractivity contribution in [3.05, 3.63) is 32.9 Å². The molecule has 0 aliphatic carbocycles. The van der Waals surface area contributed by atoms with Crippen molar-refractivity contribution in [2.75, 3.05) is 6.61 Å². The van der Waals surface area contributed by atoms with Gasteiger partial charge in [0.15, 0.2) is 18.0 Å². The summed E-state index contributed by atoms with van der Waals surface area (Å²) in [6.07, 6.45) is -12.7. The lowest BCUT2D eigenvalue weighted by atomic mass is 9.97. The van der Waals surface area contributed by atoms with E-state index in [0.717, 1.165) is 0 Å². The van der Waals surface area contributed by atoms with E-state index >= 15 is 4.39 Å². The predicted molar refractivity (Wildman–Crippen MR) is 132 cm³/mol. The fourth-order valence-corrected chi connectivity index (χ4v) is 5.43. The van der Waals surface area contributed by atoms with Crippen LogP contribution in [0.2, 0.25) is 0 Å². The van der Waals surface area contributed by atoms with E-state index in [4.69, 9.17) is 18.7 Å². The first-order chi connectivity index (χ1) is 18.8. The van der Waals surface area contributed by atoms with Gasteiger partial charge in [-0.05, 0) is 41.5 Å². The second kappa shape index (κ2) is 13.6. The number of rotatable bonds is 13. The molecule has 1 saturated heterocycles. The normalized spacial score (nSPS) is 25.8. The molecule has 0 saturated carbocycles. The van der Waals surface area contributed by atoms with Gasteiger partial charge in [-0.15, -0.1) is 0 Å². The molecule has 234 valence electrons. The predicted octanol–water partition coefficient (Wildman–Crippen LogP) is 0.892. The highest BCUT2D eigenvalue weighted by atomic mass is 31.2. The van der Waals surface area contributed by atoms with Crippen molar-refractivity contribution in [3.8, 4) is 0 Å². The van der Waals surface area contributed by atoms with Gasteiger partial charge in [0, 0.05) is 0 Å². The second-order valence-electron chi connectivity index (χ2n) is 9.79. The van der Waals surface area contributed by atoms with Gasteiger partial charge in [-0.1, -0.05) is 0 Å². The number of hydrogen-bond donors (Lipinski definition) is 4. The number of carbonyl (C=O) groups is 2. The van der Waals surface area contributed by atoms with E-state index in [1.807, 2.05) is 0 Å². The molecule has 0 aromatic carbocycles. The van der Waals surface area contributed by atoms with Crippen LogP contribution in [0.5, 0.6) is 0 Å². The van der Waals surface area contributed by atoms with Crippen molar-refractivity contribution in [1.82, 2.24) is 19.7 Å². The van der Waals surface area contributed by atoms with Gasteiger partial charge >= 0.3 is 25.3 Å². The first kappa shape index (κ1) is 34.6. The molecule has 0 spiro atoms. The van der Waals surface area contributed by atoms with Crippen LogP contribution >= 0.6 is 7.67 Å². The third-order valence-corrected chi connectivity index (χ3v) is 7.54. The molecule has 2 heterocycles. The van der Waals surface area contributed by atoms with Gasteiger partial charge in [0.2, 0.25) is 5.82 Å². The molecule has 6 unspecified atom stereocenters. The molecule has 2 rings (SSSR count). The highest BCUT2D eigenvalue weighted by Gasteiger charge is 2.62. The highest BCUT2D eigenvalue weighted by molar-refractivity contribution is 7.54. The van der Waals surface area contributed by atoms with Gasteiger partial charge in [-0.3, -0.25) is 28.5 Å². The third-order valence-electron chi connectivity index (χ3n) is 5.59. The van der Waals surface area contributed by atoms with Crippen LogP contribution in [-0.2, 0) is 32.9 Å². The number of H-pyrrole nitrogens is 1. The van der Waals surface area contributed by atoms with Crippen molar-refractivity contribution < 1.29 is 55.6 Å². The average molecular weight is 620 g/mol. The van der Waals surface area contributed by atoms with E-state index in [2.05, 4.69) is 10.2 Å². The Hall–Kier alpha value is -2.63. The summed E-state index contributed by atoms with van der Waals surface area (Å²) in [6.45, 7) is 6.94. The zero-order valence-electron chi connectivity index (χ0n) is 22.9. The molecule has 19 heteroatoms. The first-order valence-corrected chi connectivity index (χ1v) is 14.0. The van der Waals surface area contributed by atoms with E-state index in [1.165, 1.54) is 46.5 Å². The minimum absolute atomic E-state index is 0.110. The van der Waals surface area contributed by atoms with E-state index < -0.39 is 98.1 Å². The minimum Gasteiger partial charge on any atom is -0.462 e. The Kier molecular flexibility index (Phi) is 11.4. The van der Waals surface area contributed by atoms with Gasteiger partial charge in [0.05, 0.1) is 25.0 Å². The van der Waals surface area contributed by atoms with Crippen LogP contribution in [0.25, 0.3) is 0 Å². The number of esters is 2. The van der Waals surface area contributed by atoms with Gasteiger partial charge in [0.25, 0.3) is 12.0 Å². The van der Waals surface area contributed by atoms with E-state index in [-0.39, 0.29) is 10.8 Å².